The minimum atomic E-state index is -0.479. The zero-order chi connectivity index (χ0) is 19.5. The number of ether oxygens (including phenoxy) is 1. The summed E-state index contributed by atoms with van der Waals surface area (Å²) < 4.78 is 6.87. The number of hydrogen-bond acceptors (Lipinski definition) is 7. The Hall–Kier alpha value is -3.81. The number of aryl methyl sites for hydroxylation is 1. The standard InChI is InChI=1S/C20H18N6O2/c1-3-28-20(27)17-11-21-12-23-18(17)24-14-9-16-13(2)25-26(19(16)22-10-14)15-7-5-4-6-8-15/h4-12H,3H2,1-2H3,(H,21,23,24). The molecule has 0 fully saturated rings. The monoisotopic (exact) mass is 374 g/mol. The van der Waals surface area contributed by atoms with Crippen LogP contribution >= 0.6 is 0 Å². The van der Waals surface area contributed by atoms with E-state index in [0.717, 1.165) is 22.4 Å². The molecule has 3 heterocycles. The first kappa shape index (κ1) is 17.6. The number of nitrogens with zero attached hydrogens (tertiary/aromatic N) is 5. The van der Waals surface area contributed by atoms with Gasteiger partial charge in [0.25, 0.3) is 0 Å². The van der Waals surface area contributed by atoms with Crippen LogP contribution in [0, 0.1) is 6.92 Å². The van der Waals surface area contributed by atoms with Gasteiger partial charge in [-0.15, -0.1) is 0 Å². The Bertz CT molecular complexity index is 1140. The molecule has 0 radical (unpaired) electrons. The number of carbonyl (C=O) groups excluding carboxylic acids is 1. The van der Waals surface area contributed by atoms with E-state index < -0.39 is 5.97 Å². The van der Waals surface area contributed by atoms with Crippen molar-refractivity contribution in [2.45, 2.75) is 13.8 Å². The van der Waals surface area contributed by atoms with Gasteiger partial charge in [-0.05, 0) is 32.0 Å². The van der Waals surface area contributed by atoms with Crippen molar-refractivity contribution in [3.05, 3.63) is 66.4 Å². The second-order valence-corrected chi connectivity index (χ2v) is 6.06. The first-order valence-electron chi connectivity index (χ1n) is 8.82. The highest BCUT2D eigenvalue weighted by molar-refractivity contribution is 5.95. The van der Waals surface area contributed by atoms with E-state index in [1.807, 2.05) is 48.0 Å². The predicted octanol–water partition coefficient (Wildman–Crippen LogP) is 3.44. The summed E-state index contributed by atoms with van der Waals surface area (Å²) >= 11 is 0. The minimum Gasteiger partial charge on any atom is -0.462 e. The van der Waals surface area contributed by atoms with E-state index in [4.69, 9.17) is 4.74 Å². The highest BCUT2D eigenvalue weighted by Gasteiger charge is 2.16. The maximum atomic E-state index is 12.1. The van der Waals surface area contributed by atoms with Crippen LogP contribution in [-0.4, -0.2) is 37.3 Å². The van der Waals surface area contributed by atoms with Crippen molar-refractivity contribution in [3.8, 4) is 5.69 Å². The number of pyridine rings is 1. The van der Waals surface area contributed by atoms with Crippen LogP contribution in [0.4, 0.5) is 11.5 Å². The van der Waals surface area contributed by atoms with E-state index >= 15 is 0 Å². The highest BCUT2D eigenvalue weighted by Crippen LogP contribution is 2.25. The molecule has 0 unspecified atom stereocenters. The van der Waals surface area contributed by atoms with E-state index in [0.29, 0.717) is 11.5 Å². The van der Waals surface area contributed by atoms with Crippen LogP contribution in [0.2, 0.25) is 0 Å². The number of rotatable bonds is 5. The van der Waals surface area contributed by atoms with Crippen molar-refractivity contribution in [3.63, 3.8) is 0 Å². The summed E-state index contributed by atoms with van der Waals surface area (Å²) in [5.74, 6) is -0.115. The van der Waals surface area contributed by atoms with Crippen molar-refractivity contribution in [2.75, 3.05) is 11.9 Å². The van der Waals surface area contributed by atoms with Crippen molar-refractivity contribution >= 4 is 28.5 Å². The summed E-state index contributed by atoms with van der Waals surface area (Å²) in [5.41, 5.74) is 3.49. The Labute approximate surface area is 161 Å². The number of benzene rings is 1. The molecule has 4 aromatic rings. The third-order valence-corrected chi connectivity index (χ3v) is 4.18. The molecule has 28 heavy (non-hydrogen) atoms. The summed E-state index contributed by atoms with van der Waals surface area (Å²) in [6, 6.07) is 11.8. The Kier molecular flexibility index (Phi) is 4.67. The largest absolute Gasteiger partial charge is 0.462 e. The normalized spacial score (nSPS) is 10.8. The van der Waals surface area contributed by atoms with Gasteiger partial charge in [-0.3, -0.25) is 0 Å². The number of nitrogens with one attached hydrogen (secondary N) is 1. The van der Waals surface area contributed by atoms with Gasteiger partial charge in [0.15, 0.2) is 5.65 Å². The van der Waals surface area contributed by atoms with Gasteiger partial charge in [0, 0.05) is 11.6 Å². The number of anilines is 2. The summed E-state index contributed by atoms with van der Waals surface area (Å²) in [4.78, 5) is 24.7. The molecule has 0 aliphatic carbocycles. The Balaban J connectivity index is 1.71. The van der Waals surface area contributed by atoms with Crippen molar-refractivity contribution in [1.82, 2.24) is 24.7 Å². The van der Waals surface area contributed by atoms with Crippen LogP contribution in [0.1, 0.15) is 23.0 Å². The van der Waals surface area contributed by atoms with Crippen LogP contribution in [0.15, 0.2) is 55.1 Å². The molecule has 8 nitrogen and oxygen atoms in total. The van der Waals surface area contributed by atoms with Crippen molar-refractivity contribution in [1.29, 1.82) is 0 Å². The van der Waals surface area contributed by atoms with Crippen LogP contribution in [0.5, 0.6) is 0 Å². The average Bonchev–Trinajstić information content (AvgIpc) is 3.05. The number of fused-ring (bicyclic) bond motifs is 1. The molecule has 0 atom stereocenters. The van der Waals surface area contributed by atoms with E-state index in [9.17, 15) is 4.79 Å². The van der Waals surface area contributed by atoms with Crippen molar-refractivity contribution in [2.24, 2.45) is 0 Å². The molecule has 0 saturated heterocycles. The molecule has 0 saturated carbocycles. The quantitative estimate of drug-likeness (QED) is 0.535. The Morgan fingerprint density at radius 3 is 2.79 bits per heavy atom. The topological polar surface area (TPSA) is 94.8 Å². The maximum Gasteiger partial charge on any atom is 0.343 e. The Morgan fingerprint density at radius 1 is 1.18 bits per heavy atom. The first-order chi connectivity index (χ1) is 13.7. The molecule has 1 N–H and O–H groups in total. The zero-order valence-electron chi connectivity index (χ0n) is 15.5. The van der Waals surface area contributed by atoms with E-state index in [1.54, 1.807) is 13.1 Å². The lowest BCUT2D eigenvalue weighted by Crippen LogP contribution is -2.10. The fourth-order valence-electron chi connectivity index (χ4n) is 2.89. The van der Waals surface area contributed by atoms with Gasteiger partial charge in [0.05, 0.1) is 29.9 Å². The lowest BCUT2D eigenvalue weighted by Gasteiger charge is -2.09. The smallest absolute Gasteiger partial charge is 0.343 e. The van der Waals surface area contributed by atoms with Gasteiger partial charge >= 0.3 is 5.97 Å². The molecule has 140 valence electrons. The van der Waals surface area contributed by atoms with E-state index in [1.165, 1.54) is 12.5 Å². The fraction of sp³-hybridized carbons (Fsp3) is 0.150. The summed E-state index contributed by atoms with van der Waals surface area (Å²) in [6.07, 6.45) is 4.48. The molecule has 0 spiro atoms. The third-order valence-electron chi connectivity index (χ3n) is 4.18. The Morgan fingerprint density at radius 2 is 2.00 bits per heavy atom. The molecule has 0 aliphatic rings. The second-order valence-electron chi connectivity index (χ2n) is 6.06. The second kappa shape index (κ2) is 7.43. The van der Waals surface area contributed by atoms with Crippen LogP contribution in [0.25, 0.3) is 16.7 Å². The lowest BCUT2D eigenvalue weighted by molar-refractivity contribution is 0.0526. The van der Waals surface area contributed by atoms with Gasteiger partial charge in [-0.2, -0.15) is 5.10 Å². The van der Waals surface area contributed by atoms with Crippen LogP contribution in [-0.2, 0) is 4.74 Å². The SMILES string of the molecule is CCOC(=O)c1cncnc1Nc1cnc2c(c1)c(C)nn2-c1ccccc1. The summed E-state index contributed by atoms with van der Waals surface area (Å²) in [6.45, 7) is 3.96. The molecule has 3 aromatic heterocycles. The molecule has 4 rings (SSSR count). The van der Waals surface area contributed by atoms with Gasteiger partial charge in [-0.1, -0.05) is 18.2 Å². The fourth-order valence-corrected chi connectivity index (χ4v) is 2.89. The number of aromatic nitrogens is 5. The van der Waals surface area contributed by atoms with Gasteiger partial charge < -0.3 is 10.1 Å². The molecule has 1 aromatic carbocycles. The van der Waals surface area contributed by atoms with Crippen molar-refractivity contribution < 1.29 is 9.53 Å². The number of carbonyl (C=O) groups is 1. The zero-order valence-corrected chi connectivity index (χ0v) is 15.5. The highest BCUT2D eigenvalue weighted by atomic mass is 16.5. The molecule has 0 amide bonds. The summed E-state index contributed by atoms with van der Waals surface area (Å²) in [5, 5.41) is 8.64. The maximum absolute atomic E-state index is 12.1. The molecule has 8 heteroatoms. The molecule has 0 aliphatic heterocycles. The lowest BCUT2D eigenvalue weighted by atomic mass is 10.2. The van der Waals surface area contributed by atoms with Gasteiger partial charge in [0.2, 0.25) is 0 Å². The van der Waals surface area contributed by atoms with E-state index in [2.05, 4.69) is 25.4 Å². The third kappa shape index (κ3) is 3.27. The molecular formula is C20H18N6O2. The van der Waals surface area contributed by atoms with Crippen LogP contribution in [0.3, 0.4) is 0 Å². The number of esters is 1. The van der Waals surface area contributed by atoms with E-state index in [-0.39, 0.29) is 12.2 Å². The average molecular weight is 374 g/mol. The molecule has 0 bridgehead atoms. The first-order valence-corrected chi connectivity index (χ1v) is 8.82. The number of hydrogen-bond donors (Lipinski definition) is 1. The van der Waals surface area contributed by atoms with Crippen LogP contribution < -0.4 is 5.32 Å². The van der Waals surface area contributed by atoms with Gasteiger partial charge in [0.1, 0.15) is 17.7 Å². The van der Waals surface area contributed by atoms with Gasteiger partial charge in [-0.25, -0.2) is 24.4 Å². The predicted molar refractivity (Wildman–Crippen MR) is 105 cm³/mol. The summed E-state index contributed by atoms with van der Waals surface area (Å²) in [7, 11) is 0. The number of para-hydroxylation sites is 1. The minimum absolute atomic E-state index is 0.265. The molecular weight excluding hydrogens is 356 g/mol.